The van der Waals surface area contributed by atoms with Crippen molar-refractivity contribution in [3.05, 3.63) is 59.2 Å². The number of nitrogens with one attached hydrogen (secondary N) is 1. The molecule has 0 aliphatic carbocycles. The lowest BCUT2D eigenvalue weighted by molar-refractivity contribution is -0.134. The van der Waals surface area contributed by atoms with Gasteiger partial charge in [0.15, 0.2) is 13.2 Å². The first-order valence-corrected chi connectivity index (χ1v) is 11.4. The highest BCUT2D eigenvalue weighted by molar-refractivity contribution is 5.79. The minimum absolute atomic E-state index is 0.00402. The molecule has 0 radical (unpaired) electrons. The highest BCUT2D eigenvalue weighted by atomic mass is 16.5. The third kappa shape index (κ3) is 6.74. The van der Waals surface area contributed by atoms with Gasteiger partial charge in [0.05, 0.1) is 0 Å². The normalized spacial score (nSPS) is 14.2. The molecule has 1 heterocycles. The SMILES string of the molecule is CCCc1ccc(OCC(=O)NC2CCN(C(=O)COc3cccc(C)c3C)CC2)cc1. The number of carbonyl (C=O) groups excluding carboxylic acids is 2. The Morgan fingerprint density at radius 1 is 1.00 bits per heavy atom. The van der Waals surface area contributed by atoms with Crippen LogP contribution < -0.4 is 14.8 Å². The van der Waals surface area contributed by atoms with Gasteiger partial charge in [0.25, 0.3) is 11.8 Å². The van der Waals surface area contributed by atoms with Crippen LogP contribution in [-0.4, -0.2) is 49.1 Å². The second kappa shape index (κ2) is 11.6. The maximum atomic E-state index is 12.5. The number of hydrogen-bond acceptors (Lipinski definition) is 4. The Hall–Kier alpha value is -3.02. The molecule has 2 aromatic carbocycles. The van der Waals surface area contributed by atoms with Crippen molar-refractivity contribution in [3.8, 4) is 11.5 Å². The first-order chi connectivity index (χ1) is 15.5. The number of ether oxygens (including phenoxy) is 2. The summed E-state index contributed by atoms with van der Waals surface area (Å²) in [7, 11) is 0. The van der Waals surface area contributed by atoms with E-state index in [-0.39, 0.29) is 31.1 Å². The number of amides is 2. The van der Waals surface area contributed by atoms with Gasteiger partial charge in [-0.25, -0.2) is 0 Å². The smallest absolute Gasteiger partial charge is 0.260 e. The lowest BCUT2D eigenvalue weighted by Crippen LogP contribution is -2.48. The predicted octanol–water partition coefficient (Wildman–Crippen LogP) is 3.82. The molecule has 2 amide bonds. The molecule has 0 aromatic heterocycles. The van der Waals surface area contributed by atoms with Crippen molar-refractivity contribution in [1.29, 1.82) is 0 Å². The van der Waals surface area contributed by atoms with Crippen molar-refractivity contribution in [3.63, 3.8) is 0 Å². The number of hydrogen-bond donors (Lipinski definition) is 1. The molecule has 6 heteroatoms. The molecule has 1 N–H and O–H groups in total. The average Bonchev–Trinajstić information content (AvgIpc) is 2.80. The predicted molar refractivity (Wildman–Crippen MR) is 125 cm³/mol. The summed E-state index contributed by atoms with van der Waals surface area (Å²) < 4.78 is 11.3. The largest absolute Gasteiger partial charge is 0.484 e. The summed E-state index contributed by atoms with van der Waals surface area (Å²) in [4.78, 5) is 26.6. The summed E-state index contributed by atoms with van der Waals surface area (Å²) >= 11 is 0. The van der Waals surface area contributed by atoms with Crippen molar-refractivity contribution in [2.24, 2.45) is 0 Å². The number of benzene rings is 2. The zero-order valence-corrected chi connectivity index (χ0v) is 19.4. The fourth-order valence-electron chi connectivity index (χ4n) is 3.84. The van der Waals surface area contributed by atoms with E-state index in [0.29, 0.717) is 18.8 Å². The summed E-state index contributed by atoms with van der Waals surface area (Å²) in [6.07, 6.45) is 3.60. The van der Waals surface area contributed by atoms with Gasteiger partial charge >= 0.3 is 0 Å². The zero-order valence-electron chi connectivity index (χ0n) is 19.4. The Morgan fingerprint density at radius 2 is 1.72 bits per heavy atom. The van der Waals surface area contributed by atoms with Gasteiger partial charge in [-0.15, -0.1) is 0 Å². The average molecular weight is 439 g/mol. The van der Waals surface area contributed by atoms with Crippen LogP contribution in [0.25, 0.3) is 0 Å². The fraction of sp³-hybridized carbons (Fsp3) is 0.462. The molecule has 0 spiro atoms. The Balaban J connectivity index is 1.36. The maximum absolute atomic E-state index is 12.5. The molecule has 2 aromatic rings. The van der Waals surface area contributed by atoms with Crippen LogP contribution in [0.15, 0.2) is 42.5 Å². The van der Waals surface area contributed by atoms with E-state index in [2.05, 4.69) is 12.2 Å². The third-order valence-electron chi connectivity index (χ3n) is 5.95. The van der Waals surface area contributed by atoms with Crippen LogP contribution in [0.4, 0.5) is 0 Å². The molecule has 1 fully saturated rings. The fourth-order valence-corrected chi connectivity index (χ4v) is 3.84. The van der Waals surface area contributed by atoms with Gasteiger partial charge in [-0.05, 0) is 68.0 Å². The van der Waals surface area contributed by atoms with Gasteiger partial charge in [-0.2, -0.15) is 0 Å². The van der Waals surface area contributed by atoms with Gasteiger partial charge in [0.2, 0.25) is 0 Å². The Labute approximate surface area is 190 Å². The number of aryl methyl sites for hydroxylation is 2. The monoisotopic (exact) mass is 438 g/mol. The summed E-state index contributed by atoms with van der Waals surface area (Å²) in [5.74, 6) is 1.29. The van der Waals surface area contributed by atoms with E-state index in [1.807, 2.05) is 61.2 Å². The van der Waals surface area contributed by atoms with E-state index in [9.17, 15) is 9.59 Å². The summed E-state index contributed by atoms with van der Waals surface area (Å²) in [5.41, 5.74) is 3.47. The van der Waals surface area contributed by atoms with E-state index < -0.39 is 0 Å². The van der Waals surface area contributed by atoms with Crippen LogP contribution in [0, 0.1) is 13.8 Å². The lowest BCUT2D eigenvalue weighted by Gasteiger charge is -2.32. The quantitative estimate of drug-likeness (QED) is 0.646. The minimum Gasteiger partial charge on any atom is -0.484 e. The third-order valence-corrected chi connectivity index (χ3v) is 5.95. The molecule has 6 nitrogen and oxygen atoms in total. The molecular formula is C26H34N2O4. The molecule has 1 aliphatic rings. The van der Waals surface area contributed by atoms with Gasteiger partial charge in [0.1, 0.15) is 11.5 Å². The number of likely N-dealkylation sites (tertiary alicyclic amines) is 1. The van der Waals surface area contributed by atoms with Gasteiger partial charge in [-0.1, -0.05) is 37.6 Å². The van der Waals surface area contributed by atoms with Gasteiger partial charge in [0, 0.05) is 19.1 Å². The number of piperidine rings is 1. The number of nitrogens with zero attached hydrogens (tertiary/aromatic N) is 1. The molecule has 1 aliphatic heterocycles. The summed E-state index contributed by atoms with van der Waals surface area (Å²) in [5, 5.41) is 3.02. The van der Waals surface area contributed by atoms with Crippen molar-refractivity contribution >= 4 is 11.8 Å². The van der Waals surface area contributed by atoms with Crippen molar-refractivity contribution < 1.29 is 19.1 Å². The Kier molecular flexibility index (Phi) is 8.54. The van der Waals surface area contributed by atoms with Crippen LogP contribution in [0.1, 0.15) is 42.9 Å². The van der Waals surface area contributed by atoms with E-state index >= 15 is 0 Å². The van der Waals surface area contributed by atoms with Gasteiger partial charge < -0.3 is 19.7 Å². The van der Waals surface area contributed by atoms with Crippen molar-refractivity contribution in [1.82, 2.24) is 10.2 Å². The molecule has 0 unspecified atom stereocenters. The standard InChI is InChI=1S/C26H34N2O4/c1-4-6-21-9-11-23(12-10-21)31-17-25(29)27-22-13-15-28(16-14-22)26(30)18-32-24-8-5-7-19(2)20(24)3/h5,7-12,22H,4,6,13-18H2,1-3H3,(H,27,29). The molecule has 32 heavy (non-hydrogen) atoms. The van der Waals surface area contributed by atoms with Crippen LogP contribution in [0.3, 0.4) is 0 Å². The highest BCUT2D eigenvalue weighted by Crippen LogP contribution is 2.21. The topological polar surface area (TPSA) is 67.9 Å². The molecule has 172 valence electrons. The van der Waals surface area contributed by atoms with E-state index in [4.69, 9.17) is 9.47 Å². The van der Waals surface area contributed by atoms with E-state index in [1.165, 1.54) is 5.56 Å². The van der Waals surface area contributed by atoms with Crippen LogP contribution in [-0.2, 0) is 16.0 Å². The Bertz CT molecular complexity index is 903. The first kappa shape index (κ1) is 23.6. The number of rotatable bonds is 9. The molecular weight excluding hydrogens is 404 g/mol. The second-order valence-corrected chi connectivity index (χ2v) is 8.39. The van der Waals surface area contributed by atoms with Crippen molar-refractivity contribution in [2.45, 2.75) is 52.5 Å². The lowest BCUT2D eigenvalue weighted by atomic mass is 10.0. The summed E-state index contributed by atoms with van der Waals surface area (Å²) in [6.45, 7) is 7.42. The number of carbonyl (C=O) groups is 2. The van der Waals surface area contributed by atoms with Crippen molar-refractivity contribution in [2.75, 3.05) is 26.3 Å². The van der Waals surface area contributed by atoms with Crippen LogP contribution in [0.2, 0.25) is 0 Å². The molecule has 0 atom stereocenters. The molecule has 3 rings (SSSR count). The molecule has 0 saturated carbocycles. The van der Waals surface area contributed by atoms with E-state index in [0.717, 1.165) is 42.6 Å². The van der Waals surface area contributed by atoms with Crippen LogP contribution in [0.5, 0.6) is 11.5 Å². The minimum atomic E-state index is -0.134. The Morgan fingerprint density at radius 3 is 2.41 bits per heavy atom. The maximum Gasteiger partial charge on any atom is 0.260 e. The van der Waals surface area contributed by atoms with Crippen LogP contribution >= 0.6 is 0 Å². The zero-order chi connectivity index (χ0) is 22.9. The second-order valence-electron chi connectivity index (χ2n) is 8.39. The summed E-state index contributed by atoms with van der Waals surface area (Å²) in [6, 6.07) is 13.8. The molecule has 1 saturated heterocycles. The first-order valence-electron chi connectivity index (χ1n) is 11.4. The molecule has 0 bridgehead atoms. The van der Waals surface area contributed by atoms with E-state index in [1.54, 1.807) is 0 Å². The highest BCUT2D eigenvalue weighted by Gasteiger charge is 2.24. The van der Waals surface area contributed by atoms with Gasteiger partial charge in [-0.3, -0.25) is 9.59 Å².